The Hall–Kier alpha value is -0.530. The van der Waals surface area contributed by atoms with Gasteiger partial charge in [0.05, 0.1) is 25.7 Å². The zero-order valence-corrected chi connectivity index (χ0v) is 14.5. The van der Waals surface area contributed by atoms with Gasteiger partial charge >= 0.3 is 0 Å². The number of benzene rings is 1. The lowest BCUT2D eigenvalue weighted by Gasteiger charge is -2.08. The molecule has 3 nitrogen and oxygen atoms in total. The van der Waals surface area contributed by atoms with E-state index in [-0.39, 0.29) is 0 Å². The van der Waals surface area contributed by atoms with E-state index in [0.29, 0.717) is 20.9 Å². The lowest BCUT2D eigenvalue weighted by Crippen LogP contribution is -1.97. The van der Waals surface area contributed by atoms with Crippen LogP contribution < -0.4 is 0 Å². The van der Waals surface area contributed by atoms with Gasteiger partial charge in [0, 0.05) is 6.20 Å². The standard InChI is InChI=1S/C12H6BrCl2N3S2/c13-8-4-16-12(20-8)11-17-9(19)5-18(11)7-3-1-2-6(14)10(7)15/h1-5,19H. The molecule has 0 saturated heterocycles. The minimum Gasteiger partial charge on any atom is -0.295 e. The Labute approximate surface area is 143 Å². The molecular formula is C12H6BrCl2N3S2. The first-order valence-corrected chi connectivity index (χ1v) is 8.22. The molecule has 3 aromatic rings. The summed E-state index contributed by atoms with van der Waals surface area (Å²) in [5, 5.41) is 2.32. The highest BCUT2D eigenvalue weighted by molar-refractivity contribution is 9.11. The predicted molar refractivity (Wildman–Crippen MR) is 89.6 cm³/mol. The highest BCUT2D eigenvalue weighted by Crippen LogP contribution is 2.34. The lowest BCUT2D eigenvalue weighted by molar-refractivity contribution is 1.06. The fourth-order valence-electron chi connectivity index (χ4n) is 1.74. The summed E-state index contributed by atoms with van der Waals surface area (Å²) >= 11 is 21.5. The Morgan fingerprint density at radius 3 is 2.80 bits per heavy atom. The summed E-state index contributed by atoms with van der Waals surface area (Å²) in [6, 6.07) is 5.45. The van der Waals surface area contributed by atoms with Crippen molar-refractivity contribution in [2.45, 2.75) is 5.03 Å². The van der Waals surface area contributed by atoms with E-state index in [9.17, 15) is 0 Å². The molecule has 0 N–H and O–H groups in total. The number of hydrogen-bond donors (Lipinski definition) is 1. The van der Waals surface area contributed by atoms with Gasteiger partial charge < -0.3 is 0 Å². The van der Waals surface area contributed by atoms with Crippen LogP contribution >= 0.6 is 63.1 Å². The summed E-state index contributed by atoms with van der Waals surface area (Å²) in [4.78, 5) is 8.71. The quantitative estimate of drug-likeness (QED) is 0.581. The van der Waals surface area contributed by atoms with Crippen LogP contribution in [0.15, 0.2) is 39.4 Å². The molecular weight excluding hydrogens is 401 g/mol. The Balaban J connectivity index is 2.22. The highest BCUT2D eigenvalue weighted by atomic mass is 79.9. The van der Waals surface area contributed by atoms with Gasteiger partial charge in [-0.2, -0.15) is 0 Å². The summed E-state index contributed by atoms with van der Waals surface area (Å²) in [5.74, 6) is 0.676. The zero-order valence-electron chi connectivity index (χ0n) is 9.72. The van der Waals surface area contributed by atoms with Gasteiger partial charge in [-0.3, -0.25) is 4.57 Å². The molecule has 0 aliphatic heterocycles. The maximum absolute atomic E-state index is 6.27. The van der Waals surface area contributed by atoms with E-state index >= 15 is 0 Å². The van der Waals surface area contributed by atoms with Crippen molar-refractivity contribution in [1.82, 2.24) is 14.5 Å². The molecule has 2 heterocycles. The Kier molecular flexibility index (Phi) is 4.10. The molecule has 0 saturated carbocycles. The molecule has 3 rings (SSSR count). The maximum atomic E-state index is 6.27. The third-order valence-corrected chi connectivity index (χ3v) is 5.05. The molecule has 1 aromatic carbocycles. The van der Waals surface area contributed by atoms with Gasteiger partial charge in [-0.25, -0.2) is 9.97 Å². The fraction of sp³-hybridized carbons (Fsp3) is 0. The summed E-state index contributed by atoms with van der Waals surface area (Å²) in [5.41, 5.74) is 0.744. The third-order valence-electron chi connectivity index (χ3n) is 2.55. The molecule has 20 heavy (non-hydrogen) atoms. The van der Waals surface area contributed by atoms with Gasteiger partial charge in [-0.05, 0) is 28.1 Å². The third kappa shape index (κ3) is 2.63. The largest absolute Gasteiger partial charge is 0.295 e. The van der Waals surface area contributed by atoms with Crippen molar-refractivity contribution >= 4 is 63.1 Å². The number of rotatable bonds is 2. The van der Waals surface area contributed by atoms with Crippen LogP contribution in [0.25, 0.3) is 16.5 Å². The van der Waals surface area contributed by atoms with Crippen LogP contribution in [-0.2, 0) is 0 Å². The molecule has 0 radical (unpaired) electrons. The van der Waals surface area contributed by atoms with Crippen molar-refractivity contribution in [3.8, 4) is 16.5 Å². The van der Waals surface area contributed by atoms with Gasteiger partial charge in [0.1, 0.15) is 5.03 Å². The van der Waals surface area contributed by atoms with Gasteiger partial charge in [0.2, 0.25) is 0 Å². The smallest absolute Gasteiger partial charge is 0.175 e. The molecule has 0 spiro atoms. The Morgan fingerprint density at radius 1 is 1.30 bits per heavy atom. The zero-order chi connectivity index (χ0) is 14.3. The van der Waals surface area contributed by atoms with E-state index in [1.54, 1.807) is 18.5 Å². The second kappa shape index (κ2) is 5.69. The first-order valence-electron chi connectivity index (χ1n) is 5.40. The maximum Gasteiger partial charge on any atom is 0.175 e. The molecule has 0 aliphatic carbocycles. The average molecular weight is 407 g/mol. The number of thiazole rings is 1. The van der Waals surface area contributed by atoms with Gasteiger partial charge in [-0.1, -0.05) is 29.3 Å². The second-order valence-electron chi connectivity index (χ2n) is 3.84. The molecule has 0 atom stereocenters. The number of halogens is 3. The van der Waals surface area contributed by atoms with Crippen LogP contribution in [0, 0.1) is 0 Å². The molecule has 0 aliphatic rings. The van der Waals surface area contributed by atoms with Crippen LogP contribution in [0.1, 0.15) is 0 Å². The molecule has 102 valence electrons. The normalized spacial score (nSPS) is 11.0. The van der Waals surface area contributed by atoms with Crippen molar-refractivity contribution in [1.29, 1.82) is 0 Å². The van der Waals surface area contributed by atoms with Crippen LogP contribution in [0.4, 0.5) is 0 Å². The minimum absolute atomic E-state index is 0.469. The summed E-state index contributed by atoms with van der Waals surface area (Å²) < 4.78 is 2.77. The van der Waals surface area contributed by atoms with E-state index < -0.39 is 0 Å². The molecule has 0 fully saturated rings. The SMILES string of the molecule is Sc1cn(-c2cccc(Cl)c2Cl)c(-c2ncc(Br)s2)n1. The lowest BCUT2D eigenvalue weighted by atomic mass is 10.3. The summed E-state index contributed by atoms with van der Waals surface area (Å²) in [7, 11) is 0. The summed E-state index contributed by atoms with van der Waals surface area (Å²) in [6.45, 7) is 0. The number of imidazole rings is 1. The second-order valence-corrected chi connectivity index (χ2v) is 7.49. The van der Waals surface area contributed by atoms with E-state index in [1.165, 1.54) is 11.3 Å². The van der Waals surface area contributed by atoms with Crippen LogP contribution in [0.3, 0.4) is 0 Å². The van der Waals surface area contributed by atoms with Crippen molar-refractivity contribution in [3.63, 3.8) is 0 Å². The van der Waals surface area contributed by atoms with E-state index in [4.69, 9.17) is 23.2 Å². The van der Waals surface area contributed by atoms with Crippen molar-refractivity contribution < 1.29 is 0 Å². The van der Waals surface area contributed by atoms with Gasteiger partial charge in [0.25, 0.3) is 0 Å². The highest BCUT2D eigenvalue weighted by Gasteiger charge is 2.16. The van der Waals surface area contributed by atoms with E-state index in [2.05, 4.69) is 38.5 Å². The fourth-order valence-corrected chi connectivity index (χ4v) is 3.53. The van der Waals surface area contributed by atoms with Crippen molar-refractivity contribution in [3.05, 3.63) is 44.4 Å². The number of hydrogen-bond acceptors (Lipinski definition) is 4. The average Bonchev–Trinajstić information content (AvgIpc) is 2.99. The van der Waals surface area contributed by atoms with Crippen LogP contribution in [0.5, 0.6) is 0 Å². The Bertz CT molecular complexity index is 785. The van der Waals surface area contributed by atoms with Gasteiger partial charge in [-0.15, -0.1) is 24.0 Å². The topological polar surface area (TPSA) is 30.7 Å². The Morgan fingerprint density at radius 2 is 2.10 bits per heavy atom. The molecule has 0 amide bonds. The van der Waals surface area contributed by atoms with E-state index in [0.717, 1.165) is 14.5 Å². The number of aromatic nitrogens is 3. The number of thiol groups is 1. The van der Waals surface area contributed by atoms with Crippen molar-refractivity contribution in [2.24, 2.45) is 0 Å². The molecule has 0 bridgehead atoms. The monoisotopic (exact) mass is 405 g/mol. The molecule has 0 unspecified atom stereocenters. The molecule has 8 heteroatoms. The minimum atomic E-state index is 0.469. The number of nitrogens with zero attached hydrogens (tertiary/aromatic N) is 3. The van der Waals surface area contributed by atoms with Crippen LogP contribution in [0.2, 0.25) is 10.0 Å². The van der Waals surface area contributed by atoms with E-state index in [1.807, 2.05) is 16.7 Å². The summed E-state index contributed by atoms with van der Waals surface area (Å²) in [6.07, 6.45) is 3.52. The van der Waals surface area contributed by atoms with Gasteiger partial charge in [0.15, 0.2) is 10.8 Å². The first kappa shape index (κ1) is 14.4. The van der Waals surface area contributed by atoms with Crippen molar-refractivity contribution in [2.75, 3.05) is 0 Å². The van der Waals surface area contributed by atoms with Crippen LogP contribution in [-0.4, -0.2) is 14.5 Å². The predicted octanol–water partition coefficient (Wildman–Crippen LogP) is 5.35. The first-order chi connectivity index (χ1) is 9.56. The molecule has 2 aromatic heterocycles.